The molecule has 2 aliphatic heterocycles. The van der Waals surface area contributed by atoms with Crippen molar-refractivity contribution in [1.29, 1.82) is 0 Å². The topological polar surface area (TPSA) is 40.5 Å². The molecule has 1 aromatic carbocycles. The Bertz CT molecular complexity index is 746. The van der Waals surface area contributed by atoms with Crippen LogP contribution in [0.3, 0.4) is 0 Å². The molecule has 5 rings (SSSR count). The van der Waals surface area contributed by atoms with Gasteiger partial charge in [0.15, 0.2) is 0 Å². The SMILES string of the molecule is O=C(O)c1ccc2c3c1C1=CCC[C@H]1CN3C[C@@H]1CC=C[C@@H]21. The molecular weight excluding hydrogens is 274 g/mol. The highest BCUT2D eigenvalue weighted by atomic mass is 16.4. The van der Waals surface area contributed by atoms with Crippen LogP contribution < -0.4 is 4.90 Å². The van der Waals surface area contributed by atoms with Gasteiger partial charge in [0.1, 0.15) is 0 Å². The van der Waals surface area contributed by atoms with Gasteiger partial charge >= 0.3 is 5.97 Å². The maximum atomic E-state index is 11.8. The normalized spacial score (nSPS) is 30.6. The van der Waals surface area contributed by atoms with E-state index in [1.807, 2.05) is 6.07 Å². The third kappa shape index (κ3) is 1.49. The van der Waals surface area contributed by atoms with Crippen LogP contribution in [0.1, 0.15) is 46.7 Å². The van der Waals surface area contributed by atoms with E-state index in [0.717, 1.165) is 31.5 Å². The van der Waals surface area contributed by atoms with Crippen molar-refractivity contribution in [2.75, 3.05) is 18.0 Å². The minimum atomic E-state index is -0.796. The van der Waals surface area contributed by atoms with E-state index in [2.05, 4.69) is 29.2 Å². The number of benzene rings is 1. The second-order valence-electron chi connectivity index (χ2n) is 7.02. The number of anilines is 1. The van der Waals surface area contributed by atoms with Crippen LogP contribution in [0, 0.1) is 11.8 Å². The quantitative estimate of drug-likeness (QED) is 0.803. The number of nitrogens with zero attached hydrogens (tertiary/aromatic N) is 1. The average Bonchev–Trinajstić information content (AvgIpc) is 3.15. The summed E-state index contributed by atoms with van der Waals surface area (Å²) < 4.78 is 0. The summed E-state index contributed by atoms with van der Waals surface area (Å²) >= 11 is 0. The lowest BCUT2D eigenvalue weighted by Gasteiger charge is -2.45. The summed E-state index contributed by atoms with van der Waals surface area (Å²) in [6, 6.07) is 3.91. The molecule has 22 heavy (non-hydrogen) atoms. The van der Waals surface area contributed by atoms with Crippen molar-refractivity contribution in [1.82, 2.24) is 0 Å². The molecule has 0 spiro atoms. The van der Waals surface area contributed by atoms with Crippen molar-refractivity contribution in [3.8, 4) is 0 Å². The highest BCUT2D eigenvalue weighted by Crippen LogP contribution is 2.53. The zero-order valence-corrected chi connectivity index (χ0v) is 12.5. The number of carboxylic acids is 1. The lowest BCUT2D eigenvalue weighted by Crippen LogP contribution is -2.42. The number of carbonyl (C=O) groups is 1. The summed E-state index contributed by atoms with van der Waals surface area (Å²) in [6.07, 6.45) is 10.3. The summed E-state index contributed by atoms with van der Waals surface area (Å²) in [5.74, 6) is 0.872. The van der Waals surface area contributed by atoms with E-state index in [1.54, 1.807) is 0 Å². The molecule has 3 heteroatoms. The van der Waals surface area contributed by atoms with E-state index in [-0.39, 0.29) is 0 Å². The summed E-state index contributed by atoms with van der Waals surface area (Å²) in [6.45, 7) is 2.14. The molecule has 0 saturated heterocycles. The molecule has 0 amide bonds. The van der Waals surface area contributed by atoms with Gasteiger partial charge in [0.25, 0.3) is 0 Å². The zero-order valence-electron chi connectivity index (χ0n) is 12.5. The Kier molecular flexibility index (Phi) is 2.42. The Labute approximate surface area is 129 Å². The molecule has 1 aromatic rings. The second-order valence-corrected chi connectivity index (χ2v) is 7.02. The molecule has 2 aliphatic carbocycles. The molecule has 112 valence electrons. The Morgan fingerprint density at radius 1 is 1.27 bits per heavy atom. The first-order chi connectivity index (χ1) is 10.7. The third-order valence-corrected chi connectivity index (χ3v) is 5.91. The minimum Gasteiger partial charge on any atom is -0.478 e. The van der Waals surface area contributed by atoms with E-state index in [1.165, 1.54) is 23.2 Å². The van der Waals surface area contributed by atoms with Crippen LogP contribution in [0.25, 0.3) is 5.57 Å². The van der Waals surface area contributed by atoms with Crippen LogP contribution >= 0.6 is 0 Å². The molecular formula is C19H19NO2. The maximum absolute atomic E-state index is 11.8. The van der Waals surface area contributed by atoms with Crippen molar-refractivity contribution in [2.24, 2.45) is 11.8 Å². The van der Waals surface area contributed by atoms with Gasteiger partial charge < -0.3 is 10.0 Å². The summed E-state index contributed by atoms with van der Waals surface area (Å²) in [5, 5.41) is 9.66. The number of aromatic carboxylic acids is 1. The van der Waals surface area contributed by atoms with Gasteiger partial charge in [0.2, 0.25) is 0 Å². The number of allylic oxidation sites excluding steroid dienone is 3. The lowest BCUT2D eigenvalue weighted by atomic mass is 9.76. The number of rotatable bonds is 1. The van der Waals surface area contributed by atoms with Crippen molar-refractivity contribution in [3.05, 3.63) is 47.1 Å². The standard InChI is InChI=1S/C19H19NO2/c21-19(22)16-8-7-15-13-5-1-3-11(13)9-20-10-12-4-2-6-14(12)17(16)18(15)20/h1,5-8,11-13H,2-4,9-10H2,(H,21,22)/t11-,12-,13+/m0/s1. The first-order valence-electron chi connectivity index (χ1n) is 8.26. The first-order valence-corrected chi connectivity index (χ1v) is 8.26. The molecule has 3 atom stereocenters. The van der Waals surface area contributed by atoms with Crippen molar-refractivity contribution < 1.29 is 9.90 Å². The van der Waals surface area contributed by atoms with Gasteiger partial charge in [0.05, 0.1) is 5.56 Å². The number of carboxylic acid groups (broad SMARTS) is 1. The molecule has 1 N–H and O–H groups in total. The van der Waals surface area contributed by atoms with E-state index < -0.39 is 5.97 Å². The van der Waals surface area contributed by atoms with Crippen molar-refractivity contribution in [3.63, 3.8) is 0 Å². The molecule has 4 aliphatic rings. The largest absolute Gasteiger partial charge is 0.478 e. The number of fused-ring (bicyclic) bond motifs is 4. The Hall–Kier alpha value is -2.03. The van der Waals surface area contributed by atoms with E-state index in [9.17, 15) is 9.90 Å². The van der Waals surface area contributed by atoms with Gasteiger partial charge in [-0.05, 0) is 42.4 Å². The monoisotopic (exact) mass is 293 g/mol. The molecule has 0 bridgehead atoms. The smallest absolute Gasteiger partial charge is 0.336 e. The highest BCUT2D eigenvalue weighted by molar-refractivity contribution is 6.00. The van der Waals surface area contributed by atoms with Crippen LogP contribution in [0.15, 0.2) is 30.4 Å². The highest BCUT2D eigenvalue weighted by Gasteiger charge is 2.42. The zero-order chi connectivity index (χ0) is 14.8. The van der Waals surface area contributed by atoms with Crippen molar-refractivity contribution in [2.45, 2.75) is 25.2 Å². The van der Waals surface area contributed by atoms with Crippen LogP contribution in [0.5, 0.6) is 0 Å². The fourth-order valence-corrected chi connectivity index (χ4v) is 5.00. The molecule has 0 fully saturated rings. The predicted octanol–water partition coefficient (Wildman–Crippen LogP) is 3.67. The van der Waals surface area contributed by atoms with E-state index in [0.29, 0.717) is 23.3 Å². The Morgan fingerprint density at radius 2 is 2.18 bits per heavy atom. The summed E-state index contributed by atoms with van der Waals surface area (Å²) in [5.41, 5.74) is 5.37. The van der Waals surface area contributed by atoms with Gasteiger partial charge in [-0.1, -0.05) is 24.3 Å². The van der Waals surface area contributed by atoms with Crippen LogP contribution in [0.2, 0.25) is 0 Å². The maximum Gasteiger partial charge on any atom is 0.336 e. The number of hydrogen-bond donors (Lipinski definition) is 1. The molecule has 0 aromatic heterocycles. The third-order valence-electron chi connectivity index (χ3n) is 5.91. The van der Waals surface area contributed by atoms with Crippen LogP contribution in [-0.2, 0) is 0 Å². The van der Waals surface area contributed by atoms with Crippen LogP contribution in [-0.4, -0.2) is 24.2 Å². The minimum absolute atomic E-state index is 0.478. The lowest BCUT2D eigenvalue weighted by molar-refractivity contribution is 0.0696. The molecule has 0 unspecified atom stereocenters. The number of hydrogen-bond acceptors (Lipinski definition) is 2. The fourth-order valence-electron chi connectivity index (χ4n) is 5.00. The predicted molar refractivity (Wildman–Crippen MR) is 86.3 cm³/mol. The van der Waals surface area contributed by atoms with Crippen LogP contribution in [0.4, 0.5) is 5.69 Å². The molecule has 0 saturated carbocycles. The van der Waals surface area contributed by atoms with E-state index in [4.69, 9.17) is 0 Å². The van der Waals surface area contributed by atoms with Gasteiger partial charge in [-0.2, -0.15) is 0 Å². The van der Waals surface area contributed by atoms with Gasteiger partial charge in [-0.15, -0.1) is 0 Å². The fraction of sp³-hybridized carbons (Fsp3) is 0.421. The molecule has 3 nitrogen and oxygen atoms in total. The molecule has 0 radical (unpaired) electrons. The summed E-state index contributed by atoms with van der Waals surface area (Å²) in [7, 11) is 0. The van der Waals surface area contributed by atoms with Gasteiger partial charge in [0, 0.05) is 36.2 Å². The van der Waals surface area contributed by atoms with Crippen molar-refractivity contribution >= 4 is 17.2 Å². The van der Waals surface area contributed by atoms with Gasteiger partial charge in [-0.3, -0.25) is 0 Å². The molecule has 2 heterocycles. The van der Waals surface area contributed by atoms with Gasteiger partial charge in [-0.25, -0.2) is 4.79 Å². The second kappa shape index (κ2) is 4.25. The Balaban J connectivity index is 1.80. The average molecular weight is 293 g/mol. The first kappa shape index (κ1) is 12.5. The summed E-state index contributed by atoms with van der Waals surface area (Å²) in [4.78, 5) is 14.2. The van der Waals surface area contributed by atoms with E-state index >= 15 is 0 Å². The Morgan fingerprint density at radius 3 is 3.05 bits per heavy atom.